The number of benzene rings is 1. The van der Waals surface area contributed by atoms with Crippen LogP contribution in [0.5, 0.6) is 0 Å². The molecular formula is C14H18N2S. The van der Waals surface area contributed by atoms with E-state index in [4.69, 9.17) is 5.73 Å². The number of aromatic nitrogens is 1. The summed E-state index contributed by atoms with van der Waals surface area (Å²) in [5, 5.41) is 3.24. The number of hydrogen-bond donors (Lipinski definition) is 1. The predicted octanol–water partition coefficient (Wildman–Crippen LogP) is 3.40. The zero-order valence-corrected chi connectivity index (χ0v) is 11.1. The number of hydrogen-bond acceptors (Lipinski definition) is 3. The summed E-state index contributed by atoms with van der Waals surface area (Å²) in [6, 6.07) is 8.75. The second kappa shape index (κ2) is 5.43. The average Bonchev–Trinajstić information content (AvgIpc) is 2.76. The summed E-state index contributed by atoms with van der Waals surface area (Å²) in [5.74, 6) is 0. The summed E-state index contributed by atoms with van der Waals surface area (Å²) in [5.41, 5.74) is 9.39. The Morgan fingerprint density at radius 1 is 1.29 bits per heavy atom. The standard InChI is InChI=1S/C14H18N2S/c1-10-3-6-12(7-4-10)14-16-13(9-17-14)8-5-11(2)15/h3-4,6-7,9,11H,5,8,15H2,1-2H3. The Bertz CT molecular complexity index is 471. The lowest BCUT2D eigenvalue weighted by Crippen LogP contribution is -2.15. The van der Waals surface area contributed by atoms with Crippen molar-refractivity contribution in [1.82, 2.24) is 4.98 Å². The van der Waals surface area contributed by atoms with Crippen molar-refractivity contribution in [2.45, 2.75) is 32.7 Å². The smallest absolute Gasteiger partial charge is 0.123 e. The third kappa shape index (κ3) is 3.38. The van der Waals surface area contributed by atoms with Gasteiger partial charge in [-0.1, -0.05) is 29.8 Å². The fourth-order valence-electron chi connectivity index (χ4n) is 1.63. The second-order valence-corrected chi connectivity index (χ2v) is 5.38. The first kappa shape index (κ1) is 12.3. The molecule has 1 heterocycles. The molecule has 0 saturated carbocycles. The second-order valence-electron chi connectivity index (χ2n) is 4.53. The summed E-state index contributed by atoms with van der Waals surface area (Å²) in [6.45, 7) is 4.13. The van der Waals surface area contributed by atoms with Crippen molar-refractivity contribution in [3.8, 4) is 10.6 Å². The molecule has 2 nitrogen and oxygen atoms in total. The molecule has 0 spiro atoms. The molecule has 0 saturated heterocycles. The quantitative estimate of drug-likeness (QED) is 0.898. The molecule has 3 heteroatoms. The van der Waals surface area contributed by atoms with E-state index in [-0.39, 0.29) is 6.04 Å². The van der Waals surface area contributed by atoms with Crippen LogP contribution >= 0.6 is 11.3 Å². The molecular weight excluding hydrogens is 228 g/mol. The molecule has 1 atom stereocenters. The first-order valence-electron chi connectivity index (χ1n) is 5.92. The summed E-state index contributed by atoms with van der Waals surface area (Å²) in [7, 11) is 0. The molecule has 2 rings (SSSR count). The fourth-order valence-corrected chi connectivity index (χ4v) is 2.49. The minimum absolute atomic E-state index is 0.250. The van der Waals surface area contributed by atoms with Gasteiger partial charge in [0.2, 0.25) is 0 Å². The molecule has 0 aliphatic heterocycles. The van der Waals surface area contributed by atoms with Gasteiger partial charge >= 0.3 is 0 Å². The zero-order valence-electron chi connectivity index (χ0n) is 10.3. The van der Waals surface area contributed by atoms with Crippen LogP contribution in [0.2, 0.25) is 0 Å². The third-order valence-corrected chi connectivity index (χ3v) is 3.65. The monoisotopic (exact) mass is 246 g/mol. The first-order chi connectivity index (χ1) is 8.15. The number of nitrogens with zero attached hydrogens (tertiary/aromatic N) is 1. The zero-order chi connectivity index (χ0) is 12.3. The number of rotatable bonds is 4. The van der Waals surface area contributed by atoms with Gasteiger partial charge in [0, 0.05) is 17.0 Å². The Labute approximate surface area is 107 Å². The molecule has 1 unspecified atom stereocenters. The van der Waals surface area contributed by atoms with Gasteiger partial charge in [-0.3, -0.25) is 0 Å². The van der Waals surface area contributed by atoms with Crippen LogP contribution in [-0.4, -0.2) is 11.0 Å². The molecule has 0 aliphatic rings. The van der Waals surface area contributed by atoms with Crippen molar-refractivity contribution in [2.75, 3.05) is 0 Å². The van der Waals surface area contributed by atoms with Crippen molar-refractivity contribution >= 4 is 11.3 Å². The minimum atomic E-state index is 0.250. The molecule has 17 heavy (non-hydrogen) atoms. The van der Waals surface area contributed by atoms with Crippen LogP contribution in [0.3, 0.4) is 0 Å². The average molecular weight is 246 g/mol. The van der Waals surface area contributed by atoms with Crippen molar-refractivity contribution in [1.29, 1.82) is 0 Å². The fraction of sp³-hybridized carbons (Fsp3) is 0.357. The maximum atomic E-state index is 5.75. The highest BCUT2D eigenvalue weighted by molar-refractivity contribution is 7.13. The molecule has 90 valence electrons. The normalized spacial score (nSPS) is 12.6. The van der Waals surface area contributed by atoms with E-state index in [0.717, 1.165) is 23.5 Å². The van der Waals surface area contributed by atoms with Gasteiger partial charge in [-0.25, -0.2) is 4.98 Å². The molecule has 0 bridgehead atoms. The lowest BCUT2D eigenvalue weighted by molar-refractivity contribution is 0.660. The van der Waals surface area contributed by atoms with Crippen molar-refractivity contribution in [3.05, 3.63) is 40.9 Å². The highest BCUT2D eigenvalue weighted by Crippen LogP contribution is 2.24. The molecule has 1 aromatic carbocycles. The Morgan fingerprint density at radius 2 is 2.00 bits per heavy atom. The maximum absolute atomic E-state index is 5.75. The topological polar surface area (TPSA) is 38.9 Å². The van der Waals surface area contributed by atoms with Gasteiger partial charge in [-0.2, -0.15) is 0 Å². The molecule has 0 aliphatic carbocycles. The highest BCUT2D eigenvalue weighted by Gasteiger charge is 2.05. The Balaban J connectivity index is 2.10. The molecule has 1 aromatic heterocycles. The van der Waals surface area contributed by atoms with E-state index in [1.807, 2.05) is 6.92 Å². The van der Waals surface area contributed by atoms with Gasteiger partial charge in [-0.05, 0) is 26.7 Å². The van der Waals surface area contributed by atoms with Gasteiger partial charge in [0.25, 0.3) is 0 Å². The third-order valence-electron chi connectivity index (χ3n) is 2.71. The summed E-state index contributed by atoms with van der Waals surface area (Å²) in [6.07, 6.45) is 1.97. The van der Waals surface area contributed by atoms with Crippen LogP contribution in [0.25, 0.3) is 10.6 Å². The van der Waals surface area contributed by atoms with Crippen LogP contribution < -0.4 is 5.73 Å². The van der Waals surface area contributed by atoms with Gasteiger partial charge < -0.3 is 5.73 Å². The highest BCUT2D eigenvalue weighted by atomic mass is 32.1. The van der Waals surface area contributed by atoms with Gasteiger partial charge in [0.1, 0.15) is 5.01 Å². The van der Waals surface area contributed by atoms with E-state index >= 15 is 0 Å². The van der Waals surface area contributed by atoms with E-state index in [2.05, 4.69) is 41.6 Å². The lowest BCUT2D eigenvalue weighted by Gasteiger charge is -2.01. The minimum Gasteiger partial charge on any atom is -0.328 e. The van der Waals surface area contributed by atoms with E-state index in [9.17, 15) is 0 Å². The van der Waals surface area contributed by atoms with Crippen LogP contribution in [0.1, 0.15) is 24.6 Å². The number of nitrogens with two attached hydrogens (primary N) is 1. The van der Waals surface area contributed by atoms with Crippen molar-refractivity contribution < 1.29 is 0 Å². The predicted molar refractivity (Wildman–Crippen MR) is 74.3 cm³/mol. The first-order valence-corrected chi connectivity index (χ1v) is 6.80. The molecule has 2 N–H and O–H groups in total. The van der Waals surface area contributed by atoms with Crippen molar-refractivity contribution in [2.24, 2.45) is 5.73 Å². The molecule has 0 amide bonds. The largest absolute Gasteiger partial charge is 0.328 e. The maximum Gasteiger partial charge on any atom is 0.123 e. The number of thiazole rings is 1. The van der Waals surface area contributed by atoms with E-state index in [1.165, 1.54) is 11.1 Å². The van der Waals surface area contributed by atoms with E-state index in [0.29, 0.717) is 0 Å². The van der Waals surface area contributed by atoms with Gasteiger partial charge in [0.05, 0.1) is 5.69 Å². The molecule has 0 fully saturated rings. The van der Waals surface area contributed by atoms with Crippen LogP contribution in [0, 0.1) is 6.92 Å². The SMILES string of the molecule is Cc1ccc(-c2nc(CCC(C)N)cs2)cc1. The van der Waals surface area contributed by atoms with Gasteiger partial charge in [0.15, 0.2) is 0 Å². The Hall–Kier alpha value is -1.19. The lowest BCUT2D eigenvalue weighted by atomic mass is 10.1. The number of aryl methyl sites for hydroxylation is 2. The van der Waals surface area contributed by atoms with Gasteiger partial charge in [-0.15, -0.1) is 11.3 Å². The summed E-state index contributed by atoms with van der Waals surface area (Å²) < 4.78 is 0. The summed E-state index contributed by atoms with van der Waals surface area (Å²) in [4.78, 5) is 4.65. The Kier molecular flexibility index (Phi) is 3.92. The van der Waals surface area contributed by atoms with Crippen LogP contribution in [0.15, 0.2) is 29.6 Å². The van der Waals surface area contributed by atoms with Crippen LogP contribution in [0.4, 0.5) is 0 Å². The van der Waals surface area contributed by atoms with E-state index in [1.54, 1.807) is 11.3 Å². The Morgan fingerprint density at radius 3 is 2.65 bits per heavy atom. The summed E-state index contributed by atoms with van der Waals surface area (Å²) >= 11 is 1.71. The van der Waals surface area contributed by atoms with E-state index < -0.39 is 0 Å². The molecule has 0 radical (unpaired) electrons. The van der Waals surface area contributed by atoms with Crippen LogP contribution in [-0.2, 0) is 6.42 Å². The van der Waals surface area contributed by atoms with Crippen molar-refractivity contribution in [3.63, 3.8) is 0 Å². The molecule has 2 aromatic rings.